The van der Waals surface area contributed by atoms with Crippen molar-refractivity contribution < 1.29 is 9.50 Å². The summed E-state index contributed by atoms with van der Waals surface area (Å²) in [7, 11) is 1.82. The van der Waals surface area contributed by atoms with Gasteiger partial charge in [-0.1, -0.05) is 0 Å². The van der Waals surface area contributed by atoms with Gasteiger partial charge < -0.3 is 10.0 Å². The van der Waals surface area contributed by atoms with Gasteiger partial charge >= 0.3 is 0 Å². The Morgan fingerprint density at radius 2 is 1.82 bits per heavy atom. The number of benzene rings is 1. The summed E-state index contributed by atoms with van der Waals surface area (Å²) in [5, 5.41) is 16.7. The largest absolute Gasteiger partial charge is 0.390 e. The second-order valence-electron chi connectivity index (χ2n) is 3.58. The minimum atomic E-state index is -0.274. The molecule has 1 aromatic heterocycles. The summed E-state index contributed by atoms with van der Waals surface area (Å²) < 4.78 is 12.8. The zero-order valence-electron chi connectivity index (χ0n) is 9.34. The van der Waals surface area contributed by atoms with Gasteiger partial charge in [-0.25, -0.2) is 4.39 Å². The van der Waals surface area contributed by atoms with Gasteiger partial charge in [0.25, 0.3) is 0 Å². The van der Waals surface area contributed by atoms with Crippen LogP contribution in [0, 0.1) is 5.82 Å². The molecular weight excluding hydrogens is 221 g/mol. The van der Waals surface area contributed by atoms with Crippen LogP contribution in [-0.2, 0) is 6.61 Å². The van der Waals surface area contributed by atoms with Crippen molar-refractivity contribution in [2.75, 3.05) is 11.9 Å². The molecule has 5 heteroatoms. The van der Waals surface area contributed by atoms with Crippen LogP contribution in [-0.4, -0.2) is 22.4 Å². The molecule has 17 heavy (non-hydrogen) atoms. The van der Waals surface area contributed by atoms with Crippen LogP contribution in [0.25, 0.3) is 0 Å². The van der Waals surface area contributed by atoms with Gasteiger partial charge in [-0.3, -0.25) is 0 Å². The number of nitrogens with zero attached hydrogens (tertiary/aromatic N) is 3. The molecule has 0 aliphatic carbocycles. The first-order chi connectivity index (χ1) is 8.20. The topological polar surface area (TPSA) is 49.2 Å². The molecule has 4 nitrogen and oxygen atoms in total. The molecule has 0 aliphatic heterocycles. The zero-order valence-corrected chi connectivity index (χ0v) is 9.34. The number of hydrogen-bond donors (Lipinski definition) is 1. The van der Waals surface area contributed by atoms with Crippen molar-refractivity contribution in [2.45, 2.75) is 6.61 Å². The van der Waals surface area contributed by atoms with Crippen LogP contribution >= 0.6 is 0 Å². The highest BCUT2D eigenvalue weighted by atomic mass is 19.1. The third kappa shape index (κ3) is 2.57. The lowest BCUT2D eigenvalue weighted by Crippen LogP contribution is -2.12. The number of hydrogen-bond acceptors (Lipinski definition) is 4. The van der Waals surface area contributed by atoms with E-state index in [1.54, 1.807) is 29.2 Å². The van der Waals surface area contributed by atoms with Gasteiger partial charge in [0, 0.05) is 12.7 Å². The highest BCUT2D eigenvalue weighted by Crippen LogP contribution is 2.20. The maximum absolute atomic E-state index is 12.8. The number of aliphatic hydroxyl groups excluding tert-OH is 1. The van der Waals surface area contributed by atoms with E-state index < -0.39 is 0 Å². The lowest BCUT2D eigenvalue weighted by molar-refractivity contribution is 0.275. The minimum absolute atomic E-state index is 0.131. The first kappa shape index (κ1) is 11.5. The van der Waals surface area contributed by atoms with E-state index in [1.165, 1.54) is 12.1 Å². The first-order valence-corrected chi connectivity index (χ1v) is 5.13. The summed E-state index contributed by atoms with van der Waals surface area (Å²) in [6.45, 7) is -0.131. The minimum Gasteiger partial charge on any atom is -0.390 e. The van der Waals surface area contributed by atoms with Crippen LogP contribution in [0.3, 0.4) is 0 Å². The number of anilines is 2. The van der Waals surface area contributed by atoms with Crippen LogP contribution in [0.5, 0.6) is 0 Å². The fourth-order valence-electron chi connectivity index (χ4n) is 1.41. The average molecular weight is 233 g/mol. The highest BCUT2D eigenvalue weighted by Gasteiger charge is 2.06. The fourth-order valence-corrected chi connectivity index (χ4v) is 1.41. The standard InChI is InChI=1S/C12H12FN3O/c1-16(11-5-2-9(13)3-6-11)12-7-4-10(8-17)14-15-12/h2-7,17H,8H2,1H3. The second-order valence-corrected chi connectivity index (χ2v) is 3.58. The Hall–Kier alpha value is -2.01. The maximum atomic E-state index is 12.8. The van der Waals surface area contributed by atoms with E-state index in [9.17, 15) is 4.39 Å². The van der Waals surface area contributed by atoms with E-state index in [0.29, 0.717) is 11.5 Å². The Bertz CT molecular complexity index is 484. The molecule has 0 unspecified atom stereocenters. The van der Waals surface area contributed by atoms with Crippen molar-refractivity contribution in [3.05, 3.63) is 47.9 Å². The SMILES string of the molecule is CN(c1ccc(F)cc1)c1ccc(CO)nn1. The predicted molar refractivity (Wildman–Crippen MR) is 62.4 cm³/mol. The van der Waals surface area contributed by atoms with Crippen LogP contribution in [0.15, 0.2) is 36.4 Å². The van der Waals surface area contributed by atoms with Gasteiger partial charge in [0.1, 0.15) is 5.82 Å². The molecule has 0 saturated carbocycles. The van der Waals surface area contributed by atoms with Gasteiger partial charge in [0.05, 0.1) is 12.3 Å². The molecule has 0 aliphatic rings. The summed E-state index contributed by atoms with van der Waals surface area (Å²) in [5.74, 6) is 0.359. The van der Waals surface area contributed by atoms with Crippen molar-refractivity contribution in [3.63, 3.8) is 0 Å². The van der Waals surface area contributed by atoms with Crippen molar-refractivity contribution >= 4 is 11.5 Å². The van der Waals surface area contributed by atoms with Crippen LogP contribution in [0.1, 0.15) is 5.69 Å². The average Bonchev–Trinajstić information content (AvgIpc) is 2.39. The first-order valence-electron chi connectivity index (χ1n) is 5.13. The molecule has 0 fully saturated rings. The smallest absolute Gasteiger partial charge is 0.155 e. The second kappa shape index (κ2) is 4.88. The monoisotopic (exact) mass is 233 g/mol. The van der Waals surface area contributed by atoms with Crippen molar-refractivity contribution in [1.29, 1.82) is 0 Å². The summed E-state index contributed by atoms with van der Waals surface area (Å²) >= 11 is 0. The Balaban J connectivity index is 2.23. The molecule has 88 valence electrons. The van der Waals surface area contributed by atoms with E-state index in [1.807, 2.05) is 7.05 Å². The molecule has 2 aromatic rings. The molecule has 0 spiro atoms. The van der Waals surface area contributed by atoms with Crippen LogP contribution < -0.4 is 4.90 Å². The van der Waals surface area contributed by atoms with E-state index in [2.05, 4.69) is 10.2 Å². The Labute approximate surface area is 98.3 Å². The molecule has 0 atom stereocenters. The van der Waals surface area contributed by atoms with Crippen molar-refractivity contribution in [2.24, 2.45) is 0 Å². The number of aromatic nitrogens is 2. The van der Waals surface area contributed by atoms with Crippen molar-refractivity contribution in [1.82, 2.24) is 10.2 Å². The molecule has 0 bridgehead atoms. The summed E-state index contributed by atoms with van der Waals surface area (Å²) in [6, 6.07) is 9.56. The lowest BCUT2D eigenvalue weighted by Gasteiger charge is -2.17. The molecule has 1 aromatic carbocycles. The molecular formula is C12H12FN3O. The Morgan fingerprint density at radius 1 is 1.12 bits per heavy atom. The zero-order chi connectivity index (χ0) is 12.3. The van der Waals surface area contributed by atoms with Crippen LogP contribution in [0.2, 0.25) is 0 Å². The summed E-state index contributed by atoms with van der Waals surface area (Å²) in [5.41, 5.74) is 1.33. The summed E-state index contributed by atoms with van der Waals surface area (Å²) in [4.78, 5) is 1.79. The van der Waals surface area contributed by atoms with Gasteiger partial charge in [-0.05, 0) is 36.4 Å². The molecule has 0 saturated heterocycles. The molecule has 1 heterocycles. The van der Waals surface area contributed by atoms with Crippen molar-refractivity contribution in [3.8, 4) is 0 Å². The van der Waals surface area contributed by atoms with Gasteiger partial charge in [0.15, 0.2) is 5.82 Å². The molecule has 0 radical (unpaired) electrons. The Morgan fingerprint density at radius 3 is 2.35 bits per heavy atom. The molecule has 0 amide bonds. The maximum Gasteiger partial charge on any atom is 0.155 e. The summed E-state index contributed by atoms with van der Waals surface area (Å²) in [6.07, 6.45) is 0. The van der Waals surface area contributed by atoms with E-state index >= 15 is 0 Å². The lowest BCUT2D eigenvalue weighted by atomic mass is 10.3. The van der Waals surface area contributed by atoms with Gasteiger partial charge in [-0.2, -0.15) is 5.10 Å². The van der Waals surface area contributed by atoms with Gasteiger partial charge in [-0.15, -0.1) is 5.10 Å². The molecule has 2 rings (SSSR count). The van der Waals surface area contributed by atoms with E-state index in [0.717, 1.165) is 5.69 Å². The predicted octanol–water partition coefficient (Wildman–Crippen LogP) is 1.88. The normalized spacial score (nSPS) is 10.3. The van der Waals surface area contributed by atoms with Gasteiger partial charge in [0.2, 0.25) is 0 Å². The fraction of sp³-hybridized carbons (Fsp3) is 0.167. The Kier molecular flexibility index (Phi) is 3.30. The highest BCUT2D eigenvalue weighted by molar-refractivity contribution is 5.58. The van der Waals surface area contributed by atoms with Crippen LogP contribution in [0.4, 0.5) is 15.9 Å². The number of aliphatic hydroxyl groups is 1. The molecule has 1 N–H and O–H groups in total. The van der Waals surface area contributed by atoms with E-state index in [-0.39, 0.29) is 12.4 Å². The number of halogens is 1. The quantitative estimate of drug-likeness (QED) is 0.879. The third-order valence-corrected chi connectivity index (χ3v) is 2.43. The number of rotatable bonds is 3. The third-order valence-electron chi connectivity index (χ3n) is 2.43. The van der Waals surface area contributed by atoms with E-state index in [4.69, 9.17) is 5.11 Å².